The van der Waals surface area contributed by atoms with Gasteiger partial charge in [-0.25, -0.2) is 0 Å². The Kier molecular flexibility index (Phi) is 3.72. The maximum atomic E-state index is 11.8. The van der Waals surface area contributed by atoms with Crippen molar-refractivity contribution in [3.8, 4) is 0 Å². The lowest BCUT2D eigenvalue weighted by molar-refractivity contribution is -0.126. The highest BCUT2D eigenvalue weighted by Crippen LogP contribution is 2.41. The summed E-state index contributed by atoms with van der Waals surface area (Å²) in [7, 11) is 0. The van der Waals surface area contributed by atoms with Crippen molar-refractivity contribution in [2.75, 3.05) is 6.54 Å². The Labute approximate surface area is 111 Å². The third-order valence-corrected chi connectivity index (χ3v) is 4.96. The molecule has 0 unspecified atom stereocenters. The smallest absolute Gasteiger partial charge is 0.237 e. The Balaban J connectivity index is 1.94. The predicted octanol–water partition coefficient (Wildman–Crippen LogP) is 2.45. The number of carbonyl (C=O) groups excluding carboxylic acids is 1. The second-order valence-corrected chi connectivity index (χ2v) is 7.41. The number of rotatable bonds is 4. The molecule has 3 nitrogen and oxygen atoms in total. The van der Waals surface area contributed by atoms with Crippen molar-refractivity contribution in [3.05, 3.63) is 0 Å². The van der Waals surface area contributed by atoms with Crippen molar-refractivity contribution in [2.24, 2.45) is 23.0 Å². The van der Waals surface area contributed by atoms with E-state index in [1.165, 1.54) is 12.8 Å². The fourth-order valence-electron chi connectivity index (χ4n) is 3.15. The van der Waals surface area contributed by atoms with Gasteiger partial charge in [0.15, 0.2) is 0 Å². The average molecular weight is 252 g/mol. The fraction of sp³-hybridized carbons (Fsp3) is 0.933. The fourth-order valence-corrected chi connectivity index (χ4v) is 3.15. The first kappa shape index (κ1) is 13.9. The van der Waals surface area contributed by atoms with Gasteiger partial charge in [0.05, 0.1) is 5.54 Å². The molecular formula is C15H28N2O. The number of hydrogen-bond donors (Lipinski definition) is 2. The van der Waals surface area contributed by atoms with E-state index in [-0.39, 0.29) is 5.91 Å². The number of nitrogens with one attached hydrogen (secondary N) is 1. The summed E-state index contributed by atoms with van der Waals surface area (Å²) < 4.78 is 0. The summed E-state index contributed by atoms with van der Waals surface area (Å²) in [6.07, 6.45) is 6.68. The van der Waals surface area contributed by atoms with E-state index in [0.29, 0.717) is 11.3 Å². The monoisotopic (exact) mass is 252 g/mol. The van der Waals surface area contributed by atoms with Crippen molar-refractivity contribution >= 4 is 5.91 Å². The van der Waals surface area contributed by atoms with Crippen LogP contribution in [0.1, 0.15) is 59.3 Å². The number of amides is 1. The molecule has 2 fully saturated rings. The average Bonchev–Trinajstić information content (AvgIpc) is 3.09. The molecule has 0 aromatic rings. The normalized spacial score (nSPS) is 33.4. The molecule has 2 aliphatic rings. The molecule has 2 saturated carbocycles. The Morgan fingerprint density at radius 2 is 1.78 bits per heavy atom. The minimum absolute atomic E-state index is 0.143. The SMILES string of the molecule is CC(C)(C)C1CCC(NCC2CC2)(C(N)=O)CC1. The predicted molar refractivity (Wildman–Crippen MR) is 74.1 cm³/mol. The summed E-state index contributed by atoms with van der Waals surface area (Å²) in [5.41, 5.74) is 5.60. The van der Waals surface area contributed by atoms with E-state index in [2.05, 4.69) is 26.1 Å². The topological polar surface area (TPSA) is 55.1 Å². The Morgan fingerprint density at radius 1 is 1.22 bits per heavy atom. The van der Waals surface area contributed by atoms with Crippen molar-refractivity contribution in [3.63, 3.8) is 0 Å². The van der Waals surface area contributed by atoms with Crippen LogP contribution >= 0.6 is 0 Å². The van der Waals surface area contributed by atoms with Crippen LogP contribution < -0.4 is 11.1 Å². The molecule has 104 valence electrons. The number of nitrogens with two attached hydrogens (primary N) is 1. The van der Waals surface area contributed by atoms with E-state index in [9.17, 15) is 4.79 Å². The molecule has 0 heterocycles. The van der Waals surface area contributed by atoms with Gasteiger partial charge in [-0.2, -0.15) is 0 Å². The highest BCUT2D eigenvalue weighted by molar-refractivity contribution is 5.84. The first-order valence-corrected chi connectivity index (χ1v) is 7.38. The zero-order valence-corrected chi connectivity index (χ0v) is 12.1. The molecule has 3 N–H and O–H groups in total. The zero-order chi connectivity index (χ0) is 13.4. The summed E-state index contributed by atoms with van der Waals surface area (Å²) >= 11 is 0. The molecule has 0 aromatic carbocycles. The van der Waals surface area contributed by atoms with E-state index < -0.39 is 5.54 Å². The van der Waals surface area contributed by atoms with Gasteiger partial charge in [-0.15, -0.1) is 0 Å². The third kappa shape index (κ3) is 3.05. The van der Waals surface area contributed by atoms with Crippen LogP contribution in [0.15, 0.2) is 0 Å². The van der Waals surface area contributed by atoms with E-state index in [1.54, 1.807) is 0 Å². The van der Waals surface area contributed by atoms with Crippen LogP contribution in [0.25, 0.3) is 0 Å². The minimum Gasteiger partial charge on any atom is -0.368 e. The standard InChI is InChI=1S/C15H28N2O/c1-14(2,3)12-6-8-15(9-7-12,13(16)18)17-10-11-4-5-11/h11-12,17H,4-10H2,1-3H3,(H2,16,18). The molecule has 2 aliphatic carbocycles. The van der Waals surface area contributed by atoms with Crippen molar-refractivity contribution in [1.82, 2.24) is 5.32 Å². The van der Waals surface area contributed by atoms with Crippen LogP contribution in [-0.2, 0) is 4.79 Å². The van der Waals surface area contributed by atoms with Crippen LogP contribution in [0.2, 0.25) is 0 Å². The van der Waals surface area contributed by atoms with E-state index in [4.69, 9.17) is 5.73 Å². The van der Waals surface area contributed by atoms with Crippen molar-refractivity contribution in [2.45, 2.75) is 64.8 Å². The van der Waals surface area contributed by atoms with E-state index in [0.717, 1.165) is 38.1 Å². The molecule has 0 aliphatic heterocycles. The molecule has 0 aromatic heterocycles. The number of carbonyl (C=O) groups is 1. The lowest BCUT2D eigenvalue weighted by atomic mass is 9.67. The van der Waals surface area contributed by atoms with Gasteiger partial charge in [-0.3, -0.25) is 4.79 Å². The van der Waals surface area contributed by atoms with Gasteiger partial charge in [0.25, 0.3) is 0 Å². The molecule has 0 bridgehead atoms. The van der Waals surface area contributed by atoms with Crippen molar-refractivity contribution in [1.29, 1.82) is 0 Å². The third-order valence-electron chi connectivity index (χ3n) is 4.96. The quantitative estimate of drug-likeness (QED) is 0.807. The maximum Gasteiger partial charge on any atom is 0.237 e. The summed E-state index contributed by atoms with van der Waals surface area (Å²) in [6.45, 7) is 7.87. The van der Waals surface area contributed by atoms with Gasteiger partial charge in [0, 0.05) is 0 Å². The second kappa shape index (κ2) is 4.84. The van der Waals surface area contributed by atoms with Crippen LogP contribution in [0.4, 0.5) is 0 Å². The maximum absolute atomic E-state index is 11.8. The van der Waals surface area contributed by atoms with Crippen LogP contribution in [-0.4, -0.2) is 18.0 Å². The van der Waals surface area contributed by atoms with Gasteiger partial charge in [0.1, 0.15) is 0 Å². The lowest BCUT2D eigenvalue weighted by Crippen LogP contribution is -2.58. The number of primary amides is 1. The van der Waals surface area contributed by atoms with Crippen molar-refractivity contribution < 1.29 is 4.79 Å². The molecule has 0 atom stereocenters. The molecule has 3 heteroatoms. The number of hydrogen-bond acceptors (Lipinski definition) is 2. The van der Waals surface area contributed by atoms with Crippen LogP contribution in [0, 0.1) is 17.3 Å². The van der Waals surface area contributed by atoms with E-state index >= 15 is 0 Å². The Hall–Kier alpha value is -0.570. The summed E-state index contributed by atoms with van der Waals surface area (Å²) in [6, 6.07) is 0. The molecule has 0 radical (unpaired) electrons. The molecule has 1 amide bonds. The molecule has 0 spiro atoms. The zero-order valence-electron chi connectivity index (χ0n) is 12.1. The second-order valence-electron chi connectivity index (χ2n) is 7.41. The lowest BCUT2D eigenvalue weighted by Gasteiger charge is -2.43. The highest BCUT2D eigenvalue weighted by atomic mass is 16.1. The van der Waals surface area contributed by atoms with Gasteiger partial charge >= 0.3 is 0 Å². The van der Waals surface area contributed by atoms with Crippen LogP contribution in [0.5, 0.6) is 0 Å². The molecule has 18 heavy (non-hydrogen) atoms. The van der Waals surface area contributed by atoms with Gasteiger partial charge in [-0.05, 0) is 62.3 Å². The highest BCUT2D eigenvalue weighted by Gasteiger charge is 2.43. The first-order valence-electron chi connectivity index (χ1n) is 7.38. The first-order chi connectivity index (χ1) is 8.33. The largest absolute Gasteiger partial charge is 0.368 e. The van der Waals surface area contributed by atoms with Gasteiger partial charge in [0.2, 0.25) is 5.91 Å². The molecule has 2 rings (SSSR count). The summed E-state index contributed by atoms with van der Waals surface area (Å²) in [5, 5.41) is 3.49. The van der Waals surface area contributed by atoms with Crippen LogP contribution in [0.3, 0.4) is 0 Å². The van der Waals surface area contributed by atoms with Gasteiger partial charge < -0.3 is 11.1 Å². The van der Waals surface area contributed by atoms with E-state index in [1.807, 2.05) is 0 Å². The molecule has 0 saturated heterocycles. The Morgan fingerprint density at radius 3 is 2.17 bits per heavy atom. The Bertz CT molecular complexity index is 307. The minimum atomic E-state index is -0.412. The summed E-state index contributed by atoms with van der Waals surface area (Å²) in [4.78, 5) is 11.8. The molecular weight excluding hydrogens is 224 g/mol. The summed E-state index contributed by atoms with van der Waals surface area (Å²) in [5.74, 6) is 1.37. The van der Waals surface area contributed by atoms with Gasteiger partial charge in [-0.1, -0.05) is 20.8 Å².